The summed E-state index contributed by atoms with van der Waals surface area (Å²) in [5.74, 6) is -0.940. The second kappa shape index (κ2) is 9.20. The molecule has 0 fully saturated rings. The molecule has 26 heavy (non-hydrogen) atoms. The van der Waals surface area contributed by atoms with Crippen molar-refractivity contribution < 1.29 is 19.4 Å². The Morgan fingerprint density at radius 1 is 1.23 bits per heavy atom. The fraction of sp³-hybridized carbons (Fsp3) is 0.200. The molecule has 0 saturated carbocycles. The number of amides is 1. The zero-order chi connectivity index (χ0) is 19.1. The first kappa shape index (κ1) is 19.7. The maximum atomic E-state index is 11.8. The van der Waals surface area contributed by atoms with E-state index < -0.39 is 17.9 Å². The van der Waals surface area contributed by atoms with Crippen LogP contribution >= 0.6 is 15.9 Å². The van der Waals surface area contributed by atoms with E-state index in [0.717, 1.165) is 10.0 Å². The van der Waals surface area contributed by atoms with Gasteiger partial charge >= 0.3 is 5.97 Å². The molecule has 1 amide bonds. The van der Waals surface area contributed by atoms with E-state index in [2.05, 4.69) is 21.2 Å². The summed E-state index contributed by atoms with van der Waals surface area (Å²) < 4.78 is 6.72. The Morgan fingerprint density at radius 3 is 2.58 bits per heavy atom. The summed E-state index contributed by atoms with van der Waals surface area (Å²) in [5.41, 5.74) is 2.94. The average Bonchev–Trinajstić information content (AvgIpc) is 2.60. The number of rotatable bonds is 7. The van der Waals surface area contributed by atoms with E-state index in [1.165, 1.54) is 18.6 Å². The number of carboxylic acid groups (broad SMARTS) is 1. The highest BCUT2D eigenvalue weighted by Crippen LogP contribution is 2.25. The fourth-order valence-electron chi connectivity index (χ4n) is 2.12. The van der Waals surface area contributed by atoms with Crippen molar-refractivity contribution in [2.75, 3.05) is 0 Å². The lowest BCUT2D eigenvalue weighted by Gasteiger charge is -2.10. The molecule has 0 aliphatic rings. The van der Waals surface area contributed by atoms with Gasteiger partial charge in [0.25, 0.3) is 0 Å². The number of nitrogens with one attached hydrogen (secondary N) is 1. The van der Waals surface area contributed by atoms with Crippen LogP contribution < -0.4 is 10.1 Å². The van der Waals surface area contributed by atoms with E-state index in [9.17, 15) is 9.59 Å². The number of aliphatic carboxylic acids is 1. The molecule has 2 aromatic rings. The lowest BCUT2D eigenvalue weighted by atomic mass is 10.1. The largest absolute Gasteiger partial charge is 0.488 e. The first-order valence-electron chi connectivity index (χ1n) is 8.04. The van der Waals surface area contributed by atoms with E-state index in [-0.39, 0.29) is 0 Å². The molecule has 2 N–H and O–H groups in total. The molecule has 2 rings (SSSR count). The summed E-state index contributed by atoms with van der Waals surface area (Å²) in [4.78, 5) is 22.6. The maximum Gasteiger partial charge on any atom is 0.325 e. The molecule has 0 bridgehead atoms. The second-order valence-corrected chi connectivity index (χ2v) is 6.77. The Balaban J connectivity index is 2.09. The van der Waals surface area contributed by atoms with Crippen LogP contribution in [0.3, 0.4) is 0 Å². The molecule has 0 aliphatic heterocycles. The van der Waals surface area contributed by atoms with Gasteiger partial charge in [0, 0.05) is 16.1 Å². The van der Waals surface area contributed by atoms with Crippen molar-refractivity contribution in [3.05, 3.63) is 69.7 Å². The number of carbonyl (C=O) groups is 2. The minimum absolute atomic E-state index is 0.408. The molecule has 136 valence electrons. The van der Waals surface area contributed by atoms with Crippen LogP contribution in [0, 0.1) is 6.92 Å². The number of carbonyl (C=O) groups excluding carboxylic acids is 1. The van der Waals surface area contributed by atoms with E-state index in [0.29, 0.717) is 17.9 Å². The van der Waals surface area contributed by atoms with Gasteiger partial charge in [-0.15, -0.1) is 0 Å². The highest BCUT2D eigenvalue weighted by Gasteiger charge is 2.12. The van der Waals surface area contributed by atoms with Crippen molar-refractivity contribution in [1.29, 1.82) is 0 Å². The summed E-state index contributed by atoms with van der Waals surface area (Å²) in [6.07, 6.45) is 2.89. The predicted octanol–water partition coefficient (Wildman–Crippen LogP) is 3.94. The molecule has 0 aromatic heterocycles. The van der Waals surface area contributed by atoms with E-state index in [1.807, 2.05) is 49.4 Å². The minimum atomic E-state index is -1.09. The standard InChI is InChI=1S/C20H20BrNO4/c1-13-3-5-15(6-4-13)12-26-18-9-8-17(21)11-16(18)7-10-19(23)22-14(2)20(24)25/h3-11,14H,12H2,1-2H3,(H,22,23)(H,24,25)/b10-7+/t14-/m0/s1. The fourth-order valence-corrected chi connectivity index (χ4v) is 2.49. The Kier molecular flexibility index (Phi) is 6.97. The summed E-state index contributed by atoms with van der Waals surface area (Å²) in [6, 6.07) is 12.6. The third-order valence-electron chi connectivity index (χ3n) is 3.63. The van der Waals surface area contributed by atoms with Crippen LogP contribution in [0.15, 0.2) is 53.0 Å². The lowest BCUT2D eigenvalue weighted by Crippen LogP contribution is -2.37. The van der Waals surface area contributed by atoms with Gasteiger partial charge in [-0.3, -0.25) is 9.59 Å². The Bertz CT molecular complexity index is 815. The van der Waals surface area contributed by atoms with Crippen LogP contribution in [-0.4, -0.2) is 23.0 Å². The summed E-state index contributed by atoms with van der Waals surface area (Å²) in [7, 11) is 0. The second-order valence-electron chi connectivity index (χ2n) is 5.86. The smallest absolute Gasteiger partial charge is 0.325 e. The van der Waals surface area contributed by atoms with Gasteiger partial charge in [0.2, 0.25) is 5.91 Å². The molecule has 5 nitrogen and oxygen atoms in total. The van der Waals surface area contributed by atoms with Crippen LogP contribution in [0.25, 0.3) is 6.08 Å². The van der Waals surface area contributed by atoms with Gasteiger partial charge in [-0.25, -0.2) is 0 Å². The number of halogens is 1. The molecule has 6 heteroatoms. The van der Waals surface area contributed by atoms with E-state index >= 15 is 0 Å². The maximum absolute atomic E-state index is 11.8. The number of hydrogen-bond donors (Lipinski definition) is 2. The minimum Gasteiger partial charge on any atom is -0.488 e. The lowest BCUT2D eigenvalue weighted by molar-refractivity contribution is -0.140. The van der Waals surface area contributed by atoms with Crippen molar-refractivity contribution >= 4 is 33.9 Å². The zero-order valence-corrected chi connectivity index (χ0v) is 16.1. The summed E-state index contributed by atoms with van der Waals surface area (Å²) in [5, 5.41) is 11.2. The third kappa shape index (κ3) is 6.04. The van der Waals surface area contributed by atoms with Crippen LogP contribution in [0.2, 0.25) is 0 Å². The number of carboxylic acids is 1. The van der Waals surface area contributed by atoms with E-state index in [1.54, 1.807) is 6.08 Å². The topological polar surface area (TPSA) is 75.6 Å². The van der Waals surface area contributed by atoms with E-state index in [4.69, 9.17) is 9.84 Å². The molecular weight excluding hydrogens is 398 g/mol. The molecule has 0 radical (unpaired) electrons. The van der Waals surface area contributed by atoms with Gasteiger partial charge in [0.05, 0.1) is 0 Å². The van der Waals surface area contributed by atoms with Crippen molar-refractivity contribution in [3.63, 3.8) is 0 Å². The van der Waals surface area contributed by atoms with Crippen molar-refractivity contribution in [2.24, 2.45) is 0 Å². The van der Waals surface area contributed by atoms with Gasteiger partial charge in [0.1, 0.15) is 18.4 Å². The Morgan fingerprint density at radius 2 is 1.92 bits per heavy atom. The van der Waals surface area contributed by atoms with Gasteiger partial charge < -0.3 is 15.2 Å². The highest BCUT2D eigenvalue weighted by molar-refractivity contribution is 9.10. The van der Waals surface area contributed by atoms with Crippen LogP contribution in [0.4, 0.5) is 0 Å². The zero-order valence-electron chi connectivity index (χ0n) is 14.5. The van der Waals surface area contributed by atoms with Gasteiger partial charge in [0.15, 0.2) is 0 Å². The van der Waals surface area contributed by atoms with Crippen molar-refractivity contribution in [1.82, 2.24) is 5.32 Å². The molecule has 0 heterocycles. The monoisotopic (exact) mass is 417 g/mol. The SMILES string of the molecule is Cc1ccc(COc2ccc(Br)cc2/C=C/C(=O)N[C@@H](C)C(=O)O)cc1. The van der Waals surface area contributed by atoms with Gasteiger partial charge in [-0.2, -0.15) is 0 Å². The number of ether oxygens (including phenoxy) is 1. The Hall–Kier alpha value is -2.60. The Labute approximate surface area is 160 Å². The third-order valence-corrected chi connectivity index (χ3v) is 4.12. The number of hydrogen-bond acceptors (Lipinski definition) is 3. The van der Waals surface area contributed by atoms with Gasteiger partial charge in [-0.1, -0.05) is 45.8 Å². The summed E-state index contributed by atoms with van der Waals surface area (Å²) in [6.45, 7) is 3.84. The van der Waals surface area contributed by atoms with Gasteiger partial charge in [-0.05, 0) is 43.7 Å². The molecule has 2 aromatic carbocycles. The molecule has 0 aliphatic carbocycles. The predicted molar refractivity (Wildman–Crippen MR) is 104 cm³/mol. The van der Waals surface area contributed by atoms with Crippen LogP contribution in [0.5, 0.6) is 5.75 Å². The number of benzene rings is 2. The molecule has 0 saturated heterocycles. The average molecular weight is 418 g/mol. The first-order valence-corrected chi connectivity index (χ1v) is 8.83. The van der Waals surface area contributed by atoms with Crippen LogP contribution in [-0.2, 0) is 16.2 Å². The number of aryl methyl sites for hydroxylation is 1. The molecule has 1 atom stereocenters. The highest BCUT2D eigenvalue weighted by atomic mass is 79.9. The first-order chi connectivity index (χ1) is 12.3. The molecular formula is C20H20BrNO4. The van der Waals surface area contributed by atoms with Crippen molar-refractivity contribution in [2.45, 2.75) is 26.5 Å². The summed E-state index contributed by atoms with van der Waals surface area (Å²) >= 11 is 3.40. The van der Waals surface area contributed by atoms with Crippen molar-refractivity contribution in [3.8, 4) is 5.75 Å². The van der Waals surface area contributed by atoms with Crippen LogP contribution in [0.1, 0.15) is 23.6 Å². The molecule has 0 unspecified atom stereocenters. The molecule has 0 spiro atoms. The quantitative estimate of drug-likeness (QED) is 0.668. The normalized spacial score (nSPS) is 12.0.